The van der Waals surface area contributed by atoms with Crippen molar-refractivity contribution in [2.24, 2.45) is 0 Å². The molecule has 0 aromatic rings. The maximum Gasteiger partial charge on any atom is 0.104 e. The van der Waals surface area contributed by atoms with Crippen LogP contribution in [0.3, 0.4) is 0 Å². The van der Waals surface area contributed by atoms with E-state index in [1.54, 1.807) is 0 Å². The lowest BCUT2D eigenvalue weighted by Crippen LogP contribution is -2.15. The summed E-state index contributed by atoms with van der Waals surface area (Å²) in [6.45, 7) is 0.926. The molecule has 14 heavy (non-hydrogen) atoms. The summed E-state index contributed by atoms with van der Waals surface area (Å²) in [5.74, 6) is 0. The third kappa shape index (κ3) is 4.52. The van der Waals surface area contributed by atoms with Gasteiger partial charge < -0.3 is 4.90 Å². The largest absolute Gasteiger partial charge is 0.362 e. The summed E-state index contributed by atoms with van der Waals surface area (Å²) in [6, 6.07) is 0. The highest BCUT2D eigenvalue weighted by atomic mass is 35.5. The smallest absolute Gasteiger partial charge is 0.104 e. The second-order valence-corrected chi connectivity index (χ2v) is 3.94. The van der Waals surface area contributed by atoms with Crippen LogP contribution in [0.5, 0.6) is 0 Å². The standard InChI is InChI=1S/C6H8ClN.C6H10/c1-8-5-3-2-4-6(8)7;1-2-4-6-5-3-1/h2-4H,5H2,1H3;1-2H,3-6H2. The first-order valence-corrected chi connectivity index (χ1v) is 5.57. The first kappa shape index (κ1) is 11.4. The molecule has 0 saturated carbocycles. The highest BCUT2D eigenvalue weighted by Crippen LogP contribution is 2.09. The Kier molecular flexibility index (Phi) is 5.46. The molecule has 0 radical (unpaired) electrons. The van der Waals surface area contributed by atoms with Gasteiger partial charge in [-0.3, -0.25) is 0 Å². The average molecular weight is 212 g/mol. The first-order chi connectivity index (χ1) is 6.80. The van der Waals surface area contributed by atoms with Crippen molar-refractivity contribution in [2.75, 3.05) is 13.6 Å². The highest BCUT2D eigenvalue weighted by Gasteiger charge is 1.99. The maximum absolute atomic E-state index is 5.70. The second-order valence-electron chi connectivity index (χ2n) is 3.55. The van der Waals surface area contributed by atoms with Gasteiger partial charge in [0.15, 0.2) is 0 Å². The van der Waals surface area contributed by atoms with Crippen LogP contribution in [0.15, 0.2) is 35.5 Å². The van der Waals surface area contributed by atoms with Crippen molar-refractivity contribution in [3.05, 3.63) is 35.5 Å². The van der Waals surface area contributed by atoms with Gasteiger partial charge in [0, 0.05) is 13.6 Å². The van der Waals surface area contributed by atoms with E-state index < -0.39 is 0 Å². The lowest BCUT2D eigenvalue weighted by Gasteiger charge is -2.17. The second kappa shape index (κ2) is 6.72. The lowest BCUT2D eigenvalue weighted by atomic mass is 10.1. The van der Waals surface area contributed by atoms with Gasteiger partial charge in [0.05, 0.1) is 0 Å². The summed E-state index contributed by atoms with van der Waals surface area (Å²) >= 11 is 5.70. The number of hydrogen-bond acceptors (Lipinski definition) is 1. The van der Waals surface area contributed by atoms with Crippen molar-refractivity contribution < 1.29 is 0 Å². The molecule has 0 fully saturated rings. The Morgan fingerprint density at radius 2 is 1.79 bits per heavy atom. The topological polar surface area (TPSA) is 3.24 Å². The molecule has 0 aromatic heterocycles. The van der Waals surface area contributed by atoms with Crippen LogP contribution in [0, 0.1) is 0 Å². The molecular formula is C12H18ClN. The first-order valence-electron chi connectivity index (χ1n) is 5.19. The van der Waals surface area contributed by atoms with Crippen LogP contribution in [0.1, 0.15) is 25.7 Å². The van der Waals surface area contributed by atoms with Crippen LogP contribution in [0.4, 0.5) is 0 Å². The van der Waals surface area contributed by atoms with E-state index in [0.717, 1.165) is 11.7 Å². The predicted molar refractivity (Wildman–Crippen MR) is 63.3 cm³/mol. The molecule has 0 aromatic carbocycles. The Bertz CT molecular complexity index is 233. The van der Waals surface area contributed by atoms with E-state index in [0.29, 0.717) is 0 Å². The van der Waals surface area contributed by atoms with Crippen molar-refractivity contribution in [2.45, 2.75) is 25.7 Å². The van der Waals surface area contributed by atoms with Crippen molar-refractivity contribution in [3.63, 3.8) is 0 Å². The van der Waals surface area contributed by atoms with Gasteiger partial charge in [0.2, 0.25) is 0 Å². The number of halogens is 1. The zero-order valence-corrected chi connectivity index (χ0v) is 9.50. The molecule has 0 unspecified atom stereocenters. The molecule has 2 heteroatoms. The van der Waals surface area contributed by atoms with E-state index >= 15 is 0 Å². The Hall–Kier alpha value is -0.690. The van der Waals surface area contributed by atoms with Gasteiger partial charge >= 0.3 is 0 Å². The van der Waals surface area contributed by atoms with Crippen LogP contribution in [-0.4, -0.2) is 18.5 Å². The monoisotopic (exact) mass is 211 g/mol. The summed E-state index contributed by atoms with van der Waals surface area (Å²) in [4.78, 5) is 1.97. The van der Waals surface area contributed by atoms with Crippen molar-refractivity contribution in [1.29, 1.82) is 0 Å². The van der Waals surface area contributed by atoms with Crippen LogP contribution in [0.2, 0.25) is 0 Å². The van der Waals surface area contributed by atoms with Gasteiger partial charge in [-0.1, -0.05) is 35.9 Å². The Labute approximate surface area is 91.7 Å². The fourth-order valence-corrected chi connectivity index (χ4v) is 1.48. The van der Waals surface area contributed by atoms with Crippen LogP contribution >= 0.6 is 11.6 Å². The molecule has 0 N–H and O–H groups in total. The zero-order chi connectivity index (χ0) is 10.2. The van der Waals surface area contributed by atoms with E-state index in [2.05, 4.69) is 18.2 Å². The number of allylic oxidation sites excluding steroid dienone is 4. The van der Waals surface area contributed by atoms with Gasteiger partial charge in [-0.05, 0) is 31.8 Å². The van der Waals surface area contributed by atoms with E-state index in [1.165, 1.54) is 25.7 Å². The summed E-state index contributed by atoms with van der Waals surface area (Å²) in [5, 5.41) is 0.813. The quantitative estimate of drug-likeness (QED) is 0.437. The molecular weight excluding hydrogens is 194 g/mol. The molecule has 1 aliphatic carbocycles. The lowest BCUT2D eigenvalue weighted by molar-refractivity contribution is 0.489. The molecule has 2 aliphatic rings. The summed E-state index contributed by atoms with van der Waals surface area (Å²) < 4.78 is 0. The Balaban J connectivity index is 0.000000146. The molecule has 0 saturated heterocycles. The Morgan fingerprint density at radius 3 is 2.07 bits per heavy atom. The molecule has 0 spiro atoms. The number of likely N-dealkylation sites (N-methyl/N-ethyl adjacent to an activating group) is 1. The average Bonchev–Trinajstić information content (AvgIpc) is 2.26. The van der Waals surface area contributed by atoms with Crippen molar-refractivity contribution in [3.8, 4) is 0 Å². The van der Waals surface area contributed by atoms with Crippen LogP contribution in [-0.2, 0) is 0 Å². The van der Waals surface area contributed by atoms with Gasteiger partial charge in [0.1, 0.15) is 5.16 Å². The molecule has 2 rings (SSSR count). The minimum atomic E-state index is 0.813. The number of nitrogens with zero attached hydrogens (tertiary/aromatic N) is 1. The van der Waals surface area contributed by atoms with Crippen molar-refractivity contribution in [1.82, 2.24) is 4.90 Å². The van der Waals surface area contributed by atoms with Crippen molar-refractivity contribution >= 4 is 11.6 Å². The molecule has 0 amide bonds. The van der Waals surface area contributed by atoms with Gasteiger partial charge in [-0.15, -0.1) is 0 Å². The van der Waals surface area contributed by atoms with E-state index in [9.17, 15) is 0 Å². The third-order valence-electron chi connectivity index (χ3n) is 2.27. The number of hydrogen-bond donors (Lipinski definition) is 0. The molecule has 78 valence electrons. The predicted octanol–water partition coefficient (Wildman–Crippen LogP) is 3.68. The third-order valence-corrected chi connectivity index (χ3v) is 2.69. The van der Waals surface area contributed by atoms with Gasteiger partial charge in [-0.25, -0.2) is 0 Å². The zero-order valence-electron chi connectivity index (χ0n) is 8.75. The molecule has 1 aliphatic heterocycles. The van der Waals surface area contributed by atoms with E-state index in [1.807, 2.05) is 24.1 Å². The molecule has 1 nitrogen and oxygen atoms in total. The minimum absolute atomic E-state index is 0.813. The minimum Gasteiger partial charge on any atom is -0.362 e. The molecule has 1 heterocycles. The summed E-state index contributed by atoms with van der Waals surface area (Å²) in [7, 11) is 1.96. The molecule has 0 bridgehead atoms. The maximum atomic E-state index is 5.70. The number of rotatable bonds is 0. The van der Waals surface area contributed by atoms with E-state index in [4.69, 9.17) is 11.6 Å². The Morgan fingerprint density at radius 1 is 1.14 bits per heavy atom. The van der Waals surface area contributed by atoms with Crippen LogP contribution in [0.25, 0.3) is 0 Å². The van der Waals surface area contributed by atoms with Crippen LogP contribution < -0.4 is 0 Å². The summed E-state index contributed by atoms with van der Waals surface area (Å²) in [5.41, 5.74) is 0. The highest BCUT2D eigenvalue weighted by molar-refractivity contribution is 6.29. The van der Waals surface area contributed by atoms with E-state index in [-0.39, 0.29) is 0 Å². The molecule has 0 atom stereocenters. The van der Waals surface area contributed by atoms with Gasteiger partial charge in [-0.2, -0.15) is 0 Å². The summed E-state index contributed by atoms with van der Waals surface area (Å²) in [6.07, 6.45) is 15.9. The van der Waals surface area contributed by atoms with Gasteiger partial charge in [0.25, 0.3) is 0 Å². The SMILES string of the molecule is C1=CCCCC1.CN1CC=CC=C1Cl. The fraction of sp³-hybridized carbons (Fsp3) is 0.500. The normalized spacial score (nSPS) is 19.9. The fourth-order valence-electron chi connectivity index (χ4n) is 1.34.